The number of carbonyl (C=O) groups is 2. The van der Waals surface area contributed by atoms with Gasteiger partial charge in [0.15, 0.2) is 10.1 Å². The molecule has 0 saturated heterocycles. The molecule has 0 aromatic carbocycles. The lowest BCUT2D eigenvalue weighted by Crippen LogP contribution is -2.56. The Morgan fingerprint density at radius 3 is 2.42 bits per heavy atom. The van der Waals surface area contributed by atoms with Crippen LogP contribution in [-0.2, 0) is 9.59 Å². The smallest absolute Gasteiger partial charge is 0.304 e. The number of carboxylic acid groups (broad SMARTS) is 1. The number of halogens is 2. The van der Waals surface area contributed by atoms with Crippen LogP contribution in [0.25, 0.3) is 0 Å². The van der Waals surface area contributed by atoms with E-state index in [9.17, 15) is 9.59 Å². The topological polar surface area (TPSA) is 54.4 Å². The van der Waals surface area contributed by atoms with Gasteiger partial charge in [0, 0.05) is 11.8 Å². The van der Waals surface area contributed by atoms with Crippen molar-refractivity contribution in [1.82, 2.24) is 0 Å². The summed E-state index contributed by atoms with van der Waals surface area (Å²) in [6.45, 7) is 1.60. The first-order valence-corrected chi connectivity index (χ1v) is 4.18. The van der Waals surface area contributed by atoms with Gasteiger partial charge >= 0.3 is 5.97 Å². The summed E-state index contributed by atoms with van der Waals surface area (Å²) in [6, 6.07) is 0. The summed E-state index contributed by atoms with van der Waals surface area (Å²) >= 11 is 11.3. The van der Waals surface area contributed by atoms with Crippen LogP contribution in [0.1, 0.15) is 19.8 Å². The molecule has 0 radical (unpaired) electrons. The van der Waals surface area contributed by atoms with E-state index < -0.39 is 15.7 Å². The van der Waals surface area contributed by atoms with Crippen LogP contribution in [0.2, 0.25) is 0 Å². The van der Waals surface area contributed by atoms with Crippen molar-refractivity contribution in [2.24, 2.45) is 5.41 Å². The van der Waals surface area contributed by atoms with E-state index in [2.05, 4.69) is 0 Å². The second-order valence-corrected chi connectivity index (χ2v) is 4.63. The molecule has 1 N–H and O–H groups in total. The fraction of sp³-hybridized carbons (Fsp3) is 0.714. The first-order valence-electron chi connectivity index (χ1n) is 3.42. The zero-order valence-electron chi connectivity index (χ0n) is 6.43. The zero-order chi connectivity index (χ0) is 9.57. The lowest BCUT2D eigenvalue weighted by Gasteiger charge is -2.47. The van der Waals surface area contributed by atoms with Crippen molar-refractivity contribution >= 4 is 35.0 Å². The predicted molar refractivity (Wildman–Crippen MR) is 44.4 cm³/mol. The molecule has 0 aromatic heterocycles. The Balaban J connectivity index is 2.76. The Morgan fingerprint density at radius 1 is 1.67 bits per heavy atom. The average Bonchev–Trinajstić information content (AvgIpc) is 1.85. The summed E-state index contributed by atoms with van der Waals surface area (Å²) in [6.07, 6.45) is -0.0297. The number of carbonyl (C=O) groups excluding carboxylic acids is 1. The molecule has 0 amide bonds. The maximum absolute atomic E-state index is 10.9. The molecule has 1 aliphatic carbocycles. The van der Waals surface area contributed by atoms with Crippen molar-refractivity contribution in [3.05, 3.63) is 0 Å². The molecular weight excluding hydrogens is 203 g/mol. The number of hydrogen-bond acceptors (Lipinski definition) is 2. The van der Waals surface area contributed by atoms with Crippen LogP contribution in [0, 0.1) is 5.41 Å². The second-order valence-electron chi connectivity index (χ2n) is 3.31. The van der Waals surface area contributed by atoms with Gasteiger partial charge in [-0.25, -0.2) is 0 Å². The maximum Gasteiger partial charge on any atom is 0.304 e. The molecule has 1 rings (SSSR count). The highest BCUT2D eigenvalue weighted by atomic mass is 35.5. The molecule has 0 heterocycles. The van der Waals surface area contributed by atoms with E-state index in [1.54, 1.807) is 6.92 Å². The van der Waals surface area contributed by atoms with Gasteiger partial charge < -0.3 is 5.11 Å². The molecule has 5 heteroatoms. The van der Waals surface area contributed by atoms with Gasteiger partial charge in [0.2, 0.25) is 0 Å². The van der Waals surface area contributed by atoms with Crippen molar-refractivity contribution in [1.29, 1.82) is 0 Å². The summed E-state index contributed by atoms with van der Waals surface area (Å²) in [7, 11) is 0. The van der Waals surface area contributed by atoms with Gasteiger partial charge in [-0.1, -0.05) is 30.1 Å². The van der Waals surface area contributed by atoms with Crippen LogP contribution >= 0.6 is 23.2 Å². The van der Waals surface area contributed by atoms with E-state index in [0.717, 1.165) is 0 Å². The Morgan fingerprint density at radius 2 is 2.17 bits per heavy atom. The summed E-state index contributed by atoms with van der Waals surface area (Å²) in [5.74, 6) is -1.29. The molecule has 1 aliphatic rings. The minimum Gasteiger partial charge on any atom is -0.481 e. The largest absolute Gasteiger partial charge is 0.481 e. The molecular formula is C7H8Cl2O3. The van der Waals surface area contributed by atoms with Gasteiger partial charge in [0.1, 0.15) is 0 Å². The third-order valence-electron chi connectivity index (χ3n) is 2.20. The van der Waals surface area contributed by atoms with Gasteiger partial charge in [-0.2, -0.15) is 0 Å². The summed E-state index contributed by atoms with van der Waals surface area (Å²) in [5, 5.41) is 8.50. The van der Waals surface area contributed by atoms with E-state index in [1.807, 2.05) is 0 Å². The van der Waals surface area contributed by atoms with E-state index in [4.69, 9.17) is 28.3 Å². The normalized spacial score (nSPS) is 32.8. The summed E-state index contributed by atoms with van der Waals surface area (Å²) in [4.78, 5) is 21.3. The highest BCUT2D eigenvalue weighted by molar-refractivity contribution is 6.61. The molecule has 1 fully saturated rings. The van der Waals surface area contributed by atoms with Crippen LogP contribution < -0.4 is 0 Å². The third-order valence-corrected chi connectivity index (χ3v) is 3.53. The van der Waals surface area contributed by atoms with Crippen molar-refractivity contribution in [3.63, 3.8) is 0 Å². The molecule has 3 nitrogen and oxygen atoms in total. The number of rotatable bonds is 2. The summed E-state index contributed by atoms with van der Waals surface area (Å²) < 4.78 is -1.51. The van der Waals surface area contributed by atoms with Crippen LogP contribution in [-0.4, -0.2) is 21.2 Å². The number of carboxylic acids is 1. The standard InChI is InChI=1S/C7H8Cl2O3/c1-6(3-5(11)12)2-4(10)7(6,8)9/h2-3H2,1H3,(H,11,12). The first kappa shape index (κ1) is 9.81. The van der Waals surface area contributed by atoms with Gasteiger partial charge in [-0.15, -0.1) is 0 Å². The number of alkyl halides is 2. The Bertz CT molecular complexity index is 249. The van der Waals surface area contributed by atoms with Crippen LogP contribution in [0.4, 0.5) is 0 Å². The second kappa shape index (κ2) is 2.60. The van der Waals surface area contributed by atoms with Crippen molar-refractivity contribution in [2.45, 2.75) is 24.1 Å². The van der Waals surface area contributed by atoms with Crippen LogP contribution in [0.3, 0.4) is 0 Å². The maximum atomic E-state index is 10.9. The summed E-state index contributed by atoms with van der Waals surface area (Å²) in [5.41, 5.74) is -0.807. The van der Waals surface area contributed by atoms with Crippen molar-refractivity contribution in [3.8, 4) is 0 Å². The fourth-order valence-corrected chi connectivity index (χ4v) is 1.71. The number of Topliss-reactive ketones (excluding diaryl/α,β-unsaturated/α-hetero) is 1. The average molecular weight is 211 g/mol. The van der Waals surface area contributed by atoms with Gasteiger partial charge in [0.25, 0.3) is 0 Å². The minimum absolute atomic E-state index is 0.145. The van der Waals surface area contributed by atoms with Crippen LogP contribution in [0.5, 0.6) is 0 Å². The highest BCUT2D eigenvalue weighted by Gasteiger charge is 2.62. The van der Waals surface area contributed by atoms with Gasteiger partial charge in [0.05, 0.1) is 6.42 Å². The Kier molecular flexibility index (Phi) is 2.13. The van der Waals surface area contributed by atoms with E-state index >= 15 is 0 Å². The monoisotopic (exact) mass is 210 g/mol. The van der Waals surface area contributed by atoms with Crippen molar-refractivity contribution in [2.75, 3.05) is 0 Å². The third kappa shape index (κ3) is 1.21. The first-order chi connectivity index (χ1) is 5.29. The molecule has 0 aromatic rings. The molecule has 1 unspecified atom stereocenters. The Hall–Kier alpha value is -0.280. The molecule has 0 spiro atoms. The number of ketones is 1. The molecule has 12 heavy (non-hydrogen) atoms. The van der Waals surface area contributed by atoms with Crippen molar-refractivity contribution < 1.29 is 14.7 Å². The van der Waals surface area contributed by atoms with Gasteiger partial charge in [-0.3, -0.25) is 9.59 Å². The predicted octanol–water partition coefficient (Wildman–Crippen LogP) is 1.61. The molecule has 1 saturated carbocycles. The zero-order valence-corrected chi connectivity index (χ0v) is 7.95. The molecule has 1 atom stereocenters. The minimum atomic E-state index is -1.51. The van der Waals surface area contributed by atoms with E-state index in [-0.39, 0.29) is 18.6 Å². The van der Waals surface area contributed by atoms with Gasteiger partial charge in [-0.05, 0) is 0 Å². The molecule has 0 aliphatic heterocycles. The highest BCUT2D eigenvalue weighted by Crippen LogP contribution is 2.56. The van der Waals surface area contributed by atoms with Crippen LogP contribution in [0.15, 0.2) is 0 Å². The fourth-order valence-electron chi connectivity index (χ4n) is 1.31. The molecule has 0 bridgehead atoms. The Labute approximate surface area is 79.6 Å². The van der Waals surface area contributed by atoms with E-state index in [1.165, 1.54) is 0 Å². The lowest BCUT2D eigenvalue weighted by molar-refractivity contribution is -0.145. The molecule has 68 valence electrons. The number of hydrogen-bond donors (Lipinski definition) is 1. The van der Waals surface area contributed by atoms with E-state index in [0.29, 0.717) is 0 Å². The number of aliphatic carboxylic acids is 1. The quantitative estimate of drug-likeness (QED) is 0.706. The SMILES string of the molecule is CC1(CC(=O)O)CC(=O)C1(Cl)Cl. The lowest BCUT2D eigenvalue weighted by atomic mass is 9.66.